The number of benzene rings is 3. The Morgan fingerprint density at radius 3 is 1.85 bits per heavy atom. The Bertz CT molecular complexity index is 1240. The van der Waals surface area contributed by atoms with Crippen LogP contribution in [0.15, 0.2) is 30.3 Å². The standard InChI is InChI=1S/C27H27FO6/c1-13-15(3)25(34-27(32)21-17(5)22(28)24(30)18(6)23(21)29)16(4)14(2)20(13)26(31)33-12-19-10-8-7-9-11-19/h7-11,29-30H,12H2,1-6H3. The van der Waals surface area contributed by atoms with Gasteiger partial charge in [0.25, 0.3) is 0 Å². The maximum Gasteiger partial charge on any atom is 0.347 e. The topological polar surface area (TPSA) is 93.1 Å². The van der Waals surface area contributed by atoms with Gasteiger partial charge in [-0.3, -0.25) is 0 Å². The van der Waals surface area contributed by atoms with E-state index in [9.17, 15) is 24.2 Å². The van der Waals surface area contributed by atoms with Gasteiger partial charge in [0, 0.05) is 11.1 Å². The van der Waals surface area contributed by atoms with Gasteiger partial charge in [-0.1, -0.05) is 30.3 Å². The minimum atomic E-state index is -1.00. The van der Waals surface area contributed by atoms with Gasteiger partial charge in [0.05, 0.1) is 5.56 Å². The molecule has 0 heterocycles. The number of rotatable bonds is 5. The molecule has 0 aliphatic carbocycles. The van der Waals surface area contributed by atoms with Crippen molar-refractivity contribution in [1.29, 1.82) is 0 Å². The average molecular weight is 467 g/mol. The molecule has 0 amide bonds. The Labute approximate surface area is 197 Å². The van der Waals surface area contributed by atoms with Crippen molar-refractivity contribution in [1.82, 2.24) is 0 Å². The van der Waals surface area contributed by atoms with E-state index in [1.54, 1.807) is 27.7 Å². The molecule has 0 spiro atoms. The summed E-state index contributed by atoms with van der Waals surface area (Å²) in [6.45, 7) is 9.55. The molecule has 0 aromatic heterocycles. The van der Waals surface area contributed by atoms with E-state index in [-0.39, 0.29) is 29.0 Å². The van der Waals surface area contributed by atoms with E-state index >= 15 is 0 Å². The van der Waals surface area contributed by atoms with E-state index in [1.807, 2.05) is 30.3 Å². The molecule has 178 valence electrons. The SMILES string of the molecule is Cc1c(O)c(F)c(C)c(C(=O)Oc2c(C)c(C)c(C(=O)OCc3ccccc3)c(C)c2C)c1O. The van der Waals surface area contributed by atoms with Crippen LogP contribution < -0.4 is 4.74 Å². The number of aromatic hydroxyl groups is 2. The second-order valence-electron chi connectivity index (χ2n) is 8.29. The molecule has 34 heavy (non-hydrogen) atoms. The van der Waals surface area contributed by atoms with Gasteiger partial charge in [0.1, 0.15) is 23.7 Å². The first-order chi connectivity index (χ1) is 16.0. The second-order valence-corrected chi connectivity index (χ2v) is 8.29. The van der Waals surface area contributed by atoms with Crippen molar-refractivity contribution >= 4 is 11.9 Å². The van der Waals surface area contributed by atoms with Gasteiger partial charge in [0.2, 0.25) is 0 Å². The van der Waals surface area contributed by atoms with E-state index in [1.165, 1.54) is 13.8 Å². The molecule has 0 unspecified atom stereocenters. The number of phenolic OH excluding ortho intramolecular Hbond substituents is 2. The zero-order valence-corrected chi connectivity index (χ0v) is 20.0. The lowest BCUT2D eigenvalue weighted by molar-refractivity contribution is 0.0470. The van der Waals surface area contributed by atoms with Crippen LogP contribution in [-0.2, 0) is 11.3 Å². The molecule has 0 radical (unpaired) electrons. The lowest BCUT2D eigenvalue weighted by Gasteiger charge is -2.20. The molecule has 2 N–H and O–H groups in total. The molecule has 0 saturated heterocycles. The van der Waals surface area contributed by atoms with Crippen LogP contribution in [0.3, 0.4) is 0 Å². The Hall–Kier alpha value is -3.87. The number of esters is 2. The van der Waals surface area contributed by atoms with Crippen LogP contribution in [-0.4, -0.2) is 22.2 Å². The Balaban J connectivity index is 1.96. The third-order valence-electron chi connectivity index (χ3n) is 6.23. The summed E-state index contributed by atoms with van der Waals surface area (Å²) in [5, 5.41) is 20.2. The minimum absolute atomic E-state index is 0.123. The number of hydrogen-bond donors (Lipinski definition) is 2. The maximum atomic E-state index is 14.3. The van der Waals surface area contributed by atoms with Gasteiger partial charge in [-0.2, -0.15) is 0 Å². The number of carbonyl (C=O) groups excluding carboxylic acids is 2. The Morgan fingerprint density at radius 2 is 1.29 bits per heavy atom. The molecule has 7 heteroatoms. The first-order valence-corrected chi connectivity index (χ1v) is 10.7. The quantitative estimate of drug-likeness (QED) is 0.372. The lowest BCUT2D eigenvalue weighted by Crippen LogP contribution is -2.17. The van der Waals surface area contributed by atoms with E-state index < -0.39 is 29.3 Å². The van der Waals surface area contributed by atoms with Crippen molar-refractivity contribution < 1.29 is 33.7 Å². The van der Waals surface area contributed by atoms with Gasteiger partial charge in [-0.15, -0.1) is 0 Å². The number of carbonyl (C=O) groups is 2. The van der Waals surface area contributed by atoms with E-state index in [4.69, 9.17) is 9.47 Å². The van der Waals surface area contributed by atoms with Gasteiger partial charge >= 0.3 is 11.9 Å². The first kappa shape index (κ1) is 24.8. The highest BCUT2D eigenvalue weighted by atomic mass is 19.1. The molecule has 0 aliphatic heterocycles. The molecule has 6 nitrogen and oxygen atoms in total. The first-order valence-electron chi connectivity index (χ1n) is 10.7. The van der Waals surface area contributed by atoms with E-state index in [0.717, 1.165) is 5.56 Å². The van der Waals surface area contributed by atoms with Gasteiger partial charge in [-0.25, -0.2) is 14.0 Å². The molecule has 0 aliphatic rings. The van der Waals surface area contributed by atoms with Gasteiger partial charge in [-0.05, 0) is 69.4 Å². The van der Waals surface area contributed by atoms with E-state index in [0.29, 0.717) is 27.8 Å². The third kappa shape index (κ3) is 4.33. The van der Waals surface area contributed by atoms with Crippen molar-refractivity contribution in [2.75, 3.05) is 0 Å². The summed E-state index contributed by atoms with van der Waals surface area (Å²) >= 11 is 0. The number of halogens is 1. The van der Waals surface area contributed by atoms with Crippen LogP contribution in [0.1, 0.15) is 59.7 Å². The number of hydrogen-bond acceptors (Lipinski definition) is 6. The van der Waals surface area contributed by atoms with Crippen molar-refractivity contribution in [3.8, 4) is 17.2 Å². The van der Waals surface area contributed by atoms with Crippen LogP contribution in [0.2, 0.25) is 0 Å². The highest BCUT2D eigenvalue weighted by molar-refractivity contribution is 5.98. The highest BCUT2D eigenvalue weighted by Crippen LogP contribution is 2.38. The van der Waals surface area contributed by atoms with Crippen LogP contribution in [0.4, 0.5) is 4.39 Å². The van der Waals surface area contributed by atoms with Crippen LogP contribution in [0.5, 0.6) is 17.2 Å². The molecule has 0 saturated carbocycles. The minimum Gasteiger partial charge on any atom is -0.507 e. The fraction of sp³-hybridized carbons (Fsp3) is 0.259. The lowest BCUT2D eigenvalue weighted by atomic mass is 9.93. The normalized spacial score (nSPS) is 10.8. The Morgan fingerprint density at radius 1 is 0.735 bits per heavy atom. The summed E-state index contributed by atoms with van der Waals surface area (Å²) in [6.07, 6.45) is 0. The molecule has 0 bridgehead atoms. The van der Waals surface area contributed by atoms with Crippen molar-refractivity contribution in [2.45, 2.75) is 48.1 Å². The zero-order chi connectivity index (χ0) is 25.3. The fourth-order valence-electron chi connectivity index (χ4n) is 3.86. The smallest absolute Gasteiger partial charge is 0.347 e. The molecule has 0 atom stereocenters. The second kappa shape index (κ2) is 9.55. The Kier molecular flexibility index (Phi) is 6.96. The predicted molar refractivity (Wildman–Crippen MR) is 125 cm³/mol. The summed E-state index contributed by atoms with van der Waals surface area (Å²) in [5.74, 6) is -3.52. The largest absolute Gasteiger partial charge is 0.507 e. The molecule has 0 fully saturated rings. The van der Waals surface area contributed by atoms with Crippen molar-refractivity contribution in [2.24, 2.45) is 0 Å². The van der Waals surface area contributed by atoms with Crippen molar-refractivity contribution in [3.63, 3.8) is 0 Å². The summed E-state index contributed by atoms with van der Waals surface area (Å²) in [7, 11) is 0. The molecular weight excluding hydrogens is 439 g/mol. The van der Waals surface area contributed by atoms with Crippen molar-refractivity contribution in [3.05, 3.63) is 86.2 Å². The van der Waals surface area contributed by atoms with Crippen LogP contribution >= 0.6 is 0 Å². The molecule has 3 aromatic rings. The van der Waals surface area contributed by atoms with Crippen LogP contribution in [0, 0.1) is 47.4 Å². The van der Waals surface area contributed by atoms with Gasteiger partial charge < -0.3 is 19.7 Å². The highest BCUT2D eigenvalue weighted by Gasteiger charge is 2.28. The summed E-state index contributed by atoms with van der Waals surface area (Å²) in [5.41, 5.74) is 2.73. The summed E-state index contributed by atoms with van der Waals surface area (Å²) in [4.78, 5) is 25.8. The molecular formula is C27H27FO6. The third-order valence-corrected chi connectivity index (χ3v) is 6.23. The summed E-state index contributed by atoms with van der Waals surface area (Å²) < 4.78 is 25.4. The summed E-state index contributed by atoms with van der Waals surface area (Å²) in [6, 6.07) is 9.31. The molecule has 3 aromatic carbocycles. The van der Waals surface area contributed by atoms with Crippen LogP contribution in [0.25, 0.3) is 0 Å². The number of phenols is 2. The van der Waals surface area contributed by atoms with Gasteiger partial charge in [0.15, 0.2) is 11.6 Å². The monoisotopic (exact) mass is 466 g/mol. The van der Waals surface area contributed by atoms with E-state index in [2.05, 4.69) is 0 Å². The average Bonchev–Trinajstić information content (AvgIpc) is 2.82. The molecule has 3 rings (SSSR count). The number of ether oxygens (including phenoxy) is 2. The predicted octanol–water partition coefficient (Wildman–Crippen LogP) is 5.66. The maximum absolute atomic E-state index is 14.3. The zero-order valence-electron chi connectivity index (χ0n) is 20.0. The fourth-order valence-corrected chi connectivity index (χ4v) is 3.86.